The van der Waals surface area contributed by atoms with E-state index in [2.05, 4.69) is 15.5 Å². The standard InChI is InChI=1S/C14H22N4O3/c1-4-10-8-11(17-16-10)12(19)18-7-5-6-14(18,9-21-3)13(20)15-2/h8H,4-7,9H2,1-3H3,(H,15,20)(H,16,17). The SMILES string of the molecule is CCc1cc(C(=O)N2CCCC2(COC)C(=O)NC)n[nH]1. The molecule has 7 heteroatoms. The minimum Gasteiger partial charge on any atom is -0.382 e. The predicted octanol–water partition coefficient (Wildman–Crippen LogP) is 0.339. The first-order valence-corrected chi connectivity index (χ1v) is 7.16. The van der Waals surface area contributed by atoms with Crippen molar-refractivity contribution in [1.82, 2.24) is 20.4 Å². The second-order valence-corrected chi connectivity index (χ2v) is 5.24. The molecule has 0 aromatic carbocycles. The van der Waals surface area contributed by atoms with Gasteiger partial charge in [-0.2, -0.15) is 5.10 Å². The molecule has 0 bridgehead atoms. The van der Waals surface area contributed by atoms with Crippen LogP contribution in [-0.2, 0) is 16.0 Å². The van der Waals surface area contributed by atoms with Gasteiger partial charge in [-0.15, -0.1) is 0 Å². The molecule has 1 aliphatic heterocycles. The Morgan fingerprint density at radius 1 is 1.57 bits per heavy atom. The number of aryl methyl sites for hydroxylation is 1. The molecule has 116 valence electrons. The van der Waals surface area contributed by atoms with Crippen LogP contribution in [0, 0.1) is 0 Å². The molecule has 7 nitrogen and oxygen atoms in total. The molecule has 1 saturated heterocycles. The molecule has 0 aliphatic carbocycles. The van der Waals surface area contributed by atoms with Gasteiger partial charge in [-0.25, -0.2) is 0 Å². The van der Waals surface area contributed by atoms with Crippen LogP contribution in [0.1, 0.15) is 35.9 Å². The number of amides is 2. The number of hydrogen-bond acceptors (Lipinski definition) is 4. The highest BCUT2D eigenvalue weighted by atomic mass is 16.5. The van der Waals surface area contributed by atoms with Crippen LogP contribution in [0.3, 0.4) is 0 Å². The molecule has 2 heterocycles. The van der Waals surface area contributed by atoms with Crippen molar-refractivity contribution in [3.63, 3.8) is 0 Å². The highest BCUT2D eigenvalue weighted by molar-refractivity contribution is 5.98. The average Bonchev–Trinajstić information content (AvgIpc) is 3.13. The summed E-state index contributed by atoms with van der Waals surface area (Å²) in [5.41, 5.74) is 0.305. The maximum atomic E-state index is 12.7. The zero-order chi connectivity index (χ0) is 15.5. The summed E-state index contributed by atoms with van der Waals surface area (Å²) in [6.45, 7) is 2.70. The van der Waals surface area contributed by atoms with Crippen molar-refractivity contribution < 1.29 is 14.3 Å². The number of likely N-dealkylation sites (N-methyl/N-ethyl adjacent to an activating group) is 1. The van der Waals surface area contributed by atoms with Crippen molar-refractivity contribution in [2.45, 2.75) is 31.7 Å². The van der Waals surface area contributed by atoms with Crippen LogP contribution in [-0.4, -0.2) is 59.8 Å². The first kappa shape index (κ1) is 15.5. The predicted molar refractivity (Wildman–Crippen MR) is 76.9 cm³/mol. The highest BCUT2D eigenvalue weighted by Gasteiger charge is 2.50. The van der Waals surface area contributed by atoms with E-state index in [4.69, 9.17) is 4.74 Å². The van der Waals surface area contributed by atoms with Crippen LogP contribution < -0.4 is 5.32 Å². The Hall–Kier alpha value is -1.89. The maximum absolute atomic E-state index is 12.7. The lowest BCUT2D eigenvalue weighted by Gasteiger charge is -2.35. The topological polar surface area (TPSA) is 87.3 Å². The number of carbonyl (C=O) groups excluding carboxylic acids is 2. The molecule has 1 aliphatic rings. The van der Waals surface area contributed by atoms with Gasteiger partial charge in [0, 0.05) is 26.4 Å². The van der Waals surface area contributed by atoms with Crippen molar-refractivity contribution in [1.29, 1.82) is 0 Å². The molecular formula is C14H22N4O3. The lowest BCUT2D eigenvalue weighted by Crippen LogP contribution is -2.59. The number of carbonyl (C=O) groups is 2. The Morgan fingerprint density at radius 2 is 2.33 bits per heavy atom. The van der Waals surface area contributed by atoms with Crippen molar-refractivity contribution in [2.24, 2.45) is 0 Å². The van der Waals surface area contributed by atoms with Gasteiger partial charge in [-0.1, -0.05) is 6.92 Å². The van der Waals surface area contributed by atoms with Crippen LogP contribution in [0.15, 0.2) is 6.07 Å². The fourth-order valence-electron chi connectivity index (χ4n) is 2.89. The molecule has 0 saturated carbocycles. The van der Waals surface area contributed by atoms with Crippen LogP contribution in [0.5, 0.6) is 0 Å². The summed E-state index contributed by atoms with van der Waals surface area (Å²) < 4.78 is 5.21. The van der Waals surface area contributed by atoms with Gasteiger partial charge < -0.3 is 15.0 Å². The van der Waals surface area contributed by atoms with E-state index >= 15 is 0 Å². The number of rotatable bonds is 5. The number of aromatic amines is 1. The molecule has 2 amide bonds. The quantitative estimate of drug-likeness (QED) is 0.820. The van der Waals surface area contributed by atoms with Gasteiger partial charge >= 0.3 is 0 Å². The molecule has 1 aromatic heterocycles. The van der Waals surface area contributed by atoms with Crippen LogP contribution in [0.25, 0.3) is 0 Å². The zero-order valence-corrected chi connectivity index (χ0v) is 12.7. The third kappa shape index (κ3) is 2.65. The monoisotopic (exact) mass is 294 g/mol. The Balaban J connectivity index is 2.31. The zero-order valence-electron chi connectivity index (χ0n) is 12.7. The van der Waals surface area contributed by atoms with Crippen molar-refractivity contribution in [3.8, 4) is 0 Å². The lowest BCUT2D eigenvalue weighted by molar-refractivity contribution is -0.133. The minimum atomic E-state index is -0.939. The smallest absolute Gasteiger partial charge is 0.275 e. The molecule has 0 radical (unpaired) electrons. The van der Waals surface area contributed by atoms with E-state index in [-0.39, 0.29) is 18.4 Å². The fourth-order valence-corrected chi connectivity index (χ4v) is 2.89. The van der Waals surface area contributed by atoms with Crippen molar-refractivity contribution >= 4 is 11.8 Å². The van der Waals surface area contributed by atoms with Gasteiger partial charge in [0.2, 0.25) is 5.91 Å². The summed E-state index contributed by atoms with van der Waals surface area (Å²) in [5.74, 6) is -0.425. The molecule has 1 aromatic rings. The molecule has 2 N–H and O–H groups in total. The lowest BCUT2D eigenvalue weighted by atomic mass is 9.95. The van der Waals surface area contributed by atoms with E-state index in [9.17, 15) is 9.59 Å². The number of hydrogen-bond donors (Lipinski definition) is 2. The number of aromatic nitrogens is 2. The van der Waals surface area contributed by atoms with E-state index < -0.39 is 5.54 Å². The summed E-state index contributed by atoms with van der Waals surface area (Å²) in [4.78, 5) is 26.6. The molecule has 2 rings (SSSR count). The third-order valence-corrected chi connectivity index (χ3v) is 4.00. The Labute approximate surface area is 124 Å². The number of nitrogens with zero attached hydrogens (tertiary/aromatic N) is 2. The second-order valence-electron chi connectivity index (χ2n) is 5.24. The number of methoxy groups -OCH3 is 1. The van der Waals surface area contributed by atoms with Gasteiger partial charge in [0.05, 0.1) is 6.61 Å². The first-order chi connectivity index (χ1) is 10.1. The molecular weight excluding hydrogens is 272 g/mol. The van der Waals surface area contributed by atoms with Gasteiger partial charge in [0.25, 0.3) is 5.91 Å². The van der Waals surface area contributed by atoms with Crippen LogP contribution in [0.2, 0.25) is 0 Å². The van der Waals surface area contributed by atoms with Gasteiger partial charge in [-0.3, -0.25) is 14.7 Å². The molecule has 1 atom stereocenters. The number of ether oxygens (including phenoxy) is 1. The van der Waals surface area contributed by atoms with Crippen molar-refractivity contribution in [3.05, 3.63) is 17.5 Å². The van der Waals surface area contributed by atoms with Gasteiger partial charge in [0.1, 0.15) is 11.2 Å². The molecule has 0 spiro atoms. The Kier molecular flexibility index (Phi) is 4.62. The van der Waals surface area contributed by atoms with E-state index in [0.717, 1.165) is 18.5 Å². The Bertz CT molecular complexity index is 528. The molecule has 1 unspecified atom stereocenters. The summed E-state index contributed by atoms with van der Waals surface area (Å²) in [5, 5.41) is 9.53. The van der Waals surface area contributed by atoms with Gasteiger partial charge in [0.15, 0.2) is 0 Å². The summed E-state index contributed by atoms with van der Waals surface area (Å²) in [6.07, 6.45) is 2.14. The van der Waals surface area contributed by atoms with E-state index in [1.165, 1.54) is 7.11 Å². The normalized spacial score (nSPS) is 21.6. The number of likely N-dealkylation sites (tertiary alicyclic amines) is 1. The Morgan fingerprint density at radius 3 is 2.90 bits per heavy atom. The summed E-state index contributed by atoms with van der Waals surface area (Å²) >= 11 is 0. The summed E-state index contributed by atoms with van der Waals surface area (Å²) in [7, 11) is 3.11. The van der Waals surface area contributed by atoms with E-state index in [1.54, 1.807) is 18.0 Å². The highest BCUT2D eigenvalue weighted by Crippen LogP contribution is 2.31. The summed E-state index contributed by atoms with van der Waals surface area (Å²) in [6, 6.07) is 1.74. The number of H-pyrrole nitrogens is 1. The van der Waals surface area contributed by atoms with Crippen LogP contribution >= 0.6 is 0 Å². The average molecular weight is 294 g/mol. The molecule has 21 heavy (non-hydrogen) atoms. The first-order valence-electron chi connectivity index (χ1n) is 7.16. The maximum Gasteiger partial charge on any atom is 0.275 e. The van der Waals surface area contributed by atoms with Gasteiger partial charge in [-0.05, 0) is 25.3 Å². The van der Waals surface area contributed by atoms with Crippen LogP contribution in [0.4, 0.5) is 0 Å². The largest absolute Gasteiger partial charge is 0.382 e. The minimum absolute atomic E-state index is 0.184. The van der Waals surface area contributed by atoms with E-state index in [1.807, 2.05) is 6.92 Å². The van der Waals surface area contributed by atoms with E-state index in [0.29, 0.717) is 18.7 Å². The fraction of sp³-hybridized carbons (Fsp3) is 0.643. The molecule has 1 fully saturated rings. The second kappa shape index (κ2) is 6.26. The third-order valence-electron chi connectivity index (χ3n) is 4.00. The number of nitrogens with one attached hydrogen (secondary N) is 2. The van der Waals surface area contributed by atoms with Crippen molar-refractivity contribution in [2.75, 3.05) is 27.3 Å².